The normalized spacial score (nSPS) is 17.6. The quantitative estimate of drug-likeness (QED) is 0.893. The van der Waals surface area contributed by atoms with Gasteiger partial charge in [0, 0.05) is 64.1 Å². The predicted molar refractivity (Wildman–Crippen MR) is 86.8 cm³/mol. The molecule has 1 amide bonds. The molecule has 2 N–H and O–H groups in total. The number of carbonyl (C=O) groups excluding carboxylic acids is 1. The van der Waals surface area contributed by atoms with E-state index in [1.807, 2.05) is 48.2 Å². The van der Waals surface area contributed by atoms with Gasteiger partial charge in [-0.15, -0.1) is 0 Å². The molecule has 1 saturated heterocycles. The van der Waals surface area contributed by atoms with Gasteiger partial charge in [-0.3, -0.25) is 9.69 Å². The Labute approximate surface area is 127 Å². The SMILES string of the molecule is CC(CN)N1CCN(C(=O)c2ccc(N(C)C)cc2)CC1. The molecule has 0 bridgehead atoms. The van der Waals surface area contributed by atoms with E-state index in [-0.39, 0.29) is 5.91 Å². The zero-order chi connectivity index (χ0) is 15.4. The van der Waals surface area contributed by atoms with Crippen LogP contribution in [0, 0.1) is 0 Å². The highest BCUT2D eigenvalue weighted by molar-refractivity contribution is 5.94. The Hall–Kier alpha value is -1.59. The van der Waals surface area contributed by atoms with E-state index in [4.69, 9.17) is 5.73 Å². The van der Waals surface area contributed by atoms with Crippen LogP contribution in [0.3, 0.4) is 0 Å². The Balaban J connectivity index is 1.95. The molecule has 0 aromatic heterocycles. The van der Waals surface area contributed by atoms with Gasteiger partial charge in [-0.25, -0.2) is 0 Å². The number of carbonyl (C=O) groups is 1. The highest BCUT2D eigenvalue weighted by Crippen LogP contribution is 2.15. The molecular formula is C16H26N4O. The molecule has 1 fully saturated rings. The molecule has 0 saturated carbocycles. The largest absolute Gasteiger partial charge is 0.378 e. The highest BCUT2D eigenvalue weighted by atomic mass is 16.2. The second kappa shape index (κ2) is 6.91. The van der Waals surface area contributed by atoms with E-state index in [9.17, 15) is 4.79 Å². The van der Waals surface area contributed by atoms with Crippen molar-refractivity contribution in [3.8, 4) is 0 Å². The molecule has 1 aliphatic heterocycles. The van der Waals surface area contributed by atoms with Crippen molar-refractivity contribution in [3.05, 3.63) is 29.8 Å². The van der Waals surface area contributed by atoms with E-state index in [0.29, 0.717) is 12.6 Å². The van der Waals surface area contributed by atoms with E-state index in [2.05, 4.69) is 11.8 Å². The number of piperazine rings is 1. The summed E-state index contributed by atoms with van der Waals surface area (Å²) in [6.07, 6.45) is 0. The molecule has 1 aromatic rings. The van der Waals surface area contributed by atoms with Crippen LogP contribution in [0.2, 0.25) is 0 Å². The third kappa shape index (κ3) is 3.74. The Kier molecular flexibility index (Phi) is 5.20. The fourth-order valence-corrected chi connectivity index (χ4v) is 2.60. The first-order valence-corrected chi connectivity index (χ1v) is 7.53. The maximum Gasteiger partial charge on any atom is 0.253 e. The van der Waals surface area contributed by atoms with Crippen molar-refractivity contribution in [1.82, 2.24) is 9.80 Å². The number of hydrogen-bond acceptors (Lipinski definition) is 4. The van der Waals surface area contributed by atoms with Gasteiger partial charge in [0.15, 0.2) is 0 Å². The first kappa shape index (κ1) is 15.8. The van der Waals surface area contributed by atoms with Crippen molar-refractivity contribution in [2.75, 3.05) is 51.7 Å². The van der Waals surface area contributed by atoms with E-state index >= 15 is 0 Å². The topological polar surface area (TPSA) is 52.8 Å². The molecule has 0 spiro atoms. The number of hydrogen-bond donors (Lipinski definition) is 1. The van der Waals surface area contributed by atoms with E-state index in [1.165, 1.54) is 0 Å². The van der Waals surface area contributed by atoms with Crippen LogP contribution in [-0.2, 0) is 0 Å². The van der Waals surface area contributed by atoms with Crippen molar-refractivity contribution in [1.29, 1.82) is 0 Å². The van der Waals surface area contributed by atoms with Gasteiger partial charge in [0.1, 0.15) is 0 Å². The summed E-state index contributed by atoms with van der Waals surface area (Å²) in [4.78, 5) is 18.8. The molecule has 1 aliphatic rings. The molecule has 5 heteroatoms. The first-order chi connectivity index (χ1) is 10.0. The molecule has 1 heterocycles. The summed E-state index contributed by atoms with van der Waals surface area (Å²) in [6, 6.07) is 8.18. The Morgan fingerprint density at radius 2 is 1.76 bits per heavy atom. The minimum absolute atomic E-state index is 0.125. The fraction of sp³-hybridized carbons (Fsp3) is 0.562. The molecular weight excluding hydrogens is 264 g/mol. The molecule has 1 aromatic carbocycles. The number of anilines is 1. The number of nitrogens with zero attached hydrogens (tertiary/aromatic N) is 3. The summed E-state index contributed by atoms with van der Waals surface area (Å²) >= 11 is 0. The minimum atomic E-state index is 0.125. The minimum Gasteiger partial charge on any atom is -0.378 e. The van der Waals surface area contributed by atoms with E-state index in [0.717, 1.165) is 37.4 Å². The summed E-state index contributed by atoms with van der Waals surface area (Å²) in [6.45, 7) is 6.16. The monoisotopic (exact) mass is 290 g/mol. The lowest BCUT2D eigenvalue weighted by Gasteiger charge is -2.37. The lowest BCUT2D eigenvalue weighted by Crippen LogP contribution is -2.52. The fourth-order valence-electron chi connectivity index (χ4n) is 2.60. The standard InChI is InChI=1S/C16H26N4O/c1-13(12-17)19-8-10-20(11-9-19)16(21)14-4-6-15(7-5-14)18(2)3/h4-7,13H,8-12,17H2,1-3H3. The van der Waals surface area contributed by atoms with Crippen molar-refractivity contribution >= 4 is 11.6 Å². The molecule has 5 nitrogen and oxygen atoms in total. The van der Waals surface area contributed by atoms with Crippen LogP contribution in [0.25, 0.3) is 0 Å². The second-order valence-corrected chi connectivity index (χ2v) is 5.85. The molecule has 0 aliphatic carbocycles. The summed E-state index contributed by atoms with van der Waals surface area (Å²) in [5.41, 5.74) is 7.57. The zero-order valence-corrected chi connectivity index (χ0v) is 13.2. The maximum absolute atomic E-state index is 12.5. The highest BCUT2D eigenvalue weighted by Gasteiger charge is 2.24. The van der Waals surface area contributed by atoms with Gasteiger partial charge < -0.3 is 15.5 Å². The van der Waals surface area contributed by atoms with Gasteiger partial charge in [-0.1, -0.05) is 0 Å². The Morgan fingerprint density at radius 3 is 2.24 bits per heavy atom. The van der Waals surface area contributed by atoms with Crippen molar-refractivity contribution in [2.45, 2.75) is 13.0 Å². The molecule has 1 atom stereocenters. The van der Waals surface area contributed by atoms with E-state index in [1.54, 1.807) is 0 Å². The second-order valence-electron chi connectivity index (χ2n) is 5.85. The predicted octanol–water partition coefficient (Wildman–Crippen LogP) is 0.858. The van der Waals surface area contributed by atoms with E-state index < -0.39 is 0 Å². The van der Waals surface area contributed by atoms with Gasteiger partial charge in [-0.2, -0.15) is 0 Å². The van der Waals surface area contributed by atoms with Crippen LogP contribution in [0.5, 0.6) is 0 Å². The van der Waals surface area contributed by atoms with Gasteiger partial charge >= 0.3 is 0 Å². The van der Waals surface area contributed by atoms with Crippen LogP contribution in [-0.4, -0.2) is 68.6 Å². The third-order valence-electron chi connectivity index (χ3n) is 4.20. The lowest BCUT2D eigenvalue weighted by molar-refractivity contribution is 0.0589. The van der Waals surface area contributed by atoms with Crippen LogP contribution < -0.4 is 10.6 Å². The lowest BCUT2D eigenvalue weighted by atomic mass is 10.1. The Bertz CT molecular complexity index is 464. The molecule has 2 rings (SSSR count). The third-order valence-corrected chi connectivity index (χ3v) is 4.20. The van der Waals surface area contributed by atoms with Gasteiger partial charge in [-0.05, 0) is 31.2 Å². The van der Waals surface area contributed by atoms with Gasteiger partial charge in [0.25, 0.3) is 5.91 Å². The molecule has 21 heavy (non-hydrogen) atoms. The Morgan fingerprint density at radius 1 is 1.19 bits per heavy atom. The maximum atomic E-state index is 12.5. The van der Waals surface area contributed by atoms with Crippen LogP contribution in [0.15, 0.2) is 24.3 Å². The number of amides is 1. The average Bonchev–Trinajstić information content (AvgIpc) is 2.53. The van der Waals surface area contributed by atoms with Crippen LogP contribution in [0.1, 0.15) is 17.3 Å². The van der Waals surface area contributed by atoms with Crippen LogP contribution in [0.4, 0.5) is 5.69 Å². The van der Waals surface area contributed by atoms with Crippen molar-refractivity contribution in [3.63, 3.8) is 0 Å². The van der Waals surface area contributed by atoms with Gasteiger partial charge in [0.2, 0.25) is 0 Å². The summed E-state index contributed by atoms with van der Waals surface area (Å²) < 4.78 is 0. The van der Waals surface area contributed by atoms with Crippen LogP contribution >= 0.6 is 0 Å². The first-order valence-electron chi connectivity index (χ1n) is 7.53. The number of rotatable bonds is 4. The molecule has 1 unspecified atom stereocenters. The smallest absolute Gasteiger partial charge is 0.253 e. The molecule has 116 valence electrons. The average molecular weight is 290 g/mol. The number of benzene rings is 1. The summed E-state index contributed by atoms with van der Waals surface area (Å²) in [7, 11) is 3.99. The van der Waals surface area contributed by atoms with Crippen molar-refractivity contribution in [2.24, 2.45) is 5.73 Å². The van der Waals surface area contributed by atoms with Crippen molar-refractivity contribution < 1.29 is 4.79 Å². The number of nitrogens with two attached hydrogens (primary N) is 1. The molecule has 0 radical (unpaired) electrons. The van der Waals surface area contributed by atoms with Gasteiger partial charge in [0.05, 0.1) is 0 Å². The summed E-state index contributed by atoms with van der Waals surface area (Å²) in [5.74, 6) is 0.125. The zero-order valence-electron chi connectivity index (χ0n) is 13.2. The summed E-state index contributed by atoms with van der Waals surface area (Å²) in [5, 5.41) is 0.